The lowest BCUT2D eigenvalue weighted by molar-refractivity contribution is -0.131. The van der Waals surface area contributed by atoms with E-state index in [2.05, 4.69) is 4.98 Å². The molecule has 0 aliphatic rings. The molecule has 0 saturated heterocycles. The maximum Gasteiger partial charge on any atom is 0.328 e. The average Bonchev–Trinajstić information content (AvgIpc) is 3.04. The minimum absolute atomic E-state index is 0.149. The third-order valence-corrected chi connectivity index (χ3v) is 3.70. The minimum Gasteiger partial charge on any atom is -0.478 e. The van der Waals surface area contributed by atoms with Crippen molar-refractivity contribution in [2.45, 2.75) is 6.54 Å². The number of hydrogen-bond donors (Lipinski definition) is 1. The Morgan fingerprint density at radius 2 is 2.29 bits per heavy atom. The third-order valence-electron chi connectivity index (χ3n) is 2.75. The SMILES string of the molecule is CN(Cc1csc(/C=C/C(=O)O)c1)C(=O)c1cn(C)cn1. The maximum absolute atomic E-state index is 12.1. The van der Waals surface area contributed by atoms with Gasteiger partial charge in [0.2, 0.25) is 0 Å². The molecule has 0 aliphatic carbocycles. The second-order valence-electron chi connectivity index (χ2n) is 4.61. The first kappa shape index (κ1) is 15.0. The van der Waals surface area contributed by atoms with Crippen molar-refractivity contribution in [2.75, 3.05) is 7.05 Å². The predicted molar refractivity (Wildman–Crippen MR) is 80.0 cm³/mol. The first-order chi connectivity index (χ1) is 9.95. The lowest BCUT2D eigenvalue weighted by atomic mass is 10.2. The van der Waals surface area contributed by atoms with Gasteiger partial charge in [-0.15, -0.1) is 11.3 Å². The Hall–Kier alpha value is -2.41. The van der Waals surface area contributed by atoms with Crippen LogP contribution in [0.1, 0.15) is 20.9 Å². The number of aromatic nitrogens is 2. The van der Waals surface area contributed by atoms with Crippen molar-refractivity contribution in [3.05, 3.63) is 46.2 Å². The Kier molecular flexibility index (Phi) is 4.54. The minimum atomic E-state index is -0.979. The Labute approximate surface area is 126 Å². The van der Waals surface area contributed by atoms with E-state index in [9.17, 15) is 9.59 Å². The number of thiophene rings is 1. The molecule has 2 aromatic rings. The van der Waals surface area contributed by atoms with E-state index < -0.39 is 5.97 Å². The van der Waals surface area contributed by atoms with Crippen molar-refractivity contribution in [1.29, 1.82) is 0 Å². The molecule has 2 heterocycles. The molecule has 1 N–H and O–H groups in total. The molecule has 0 atom stereocenters. The molecule has 0 aromatic carbocycles. The zero-order valence-corrected chi connectivity index (χ0v) is 12.5. The molecule has 0 saturated carbocycles. The van der Waals surface area contributed by atoms with Crippen molar-refractivity contribution in [1.82, 2.24) is 14.5 Å². The lowest BCUT2D eigenvalue weighted by Gasteiger charge is -2.14. The standard InChI is InChI=1S/C14H15N3O3S/c1-16-7-12(15-9-16)14(20)17(2)6-10-5-11(21-8-10)3-4-13(18)19/h3-5,7-9H,6H2,1-2H3,(H,18,19)/b4-3+. The van der Waals surface area contributed by atoms with Crippen LogP contribution in [0.2, 0.25) is 0 Å². The quantitative estimate of drug-likeness (QED) is 0.855. The average molecular weight is 305 g/mol. The molecule has 2 rings (SSSR count). The van der Waals surface area contributed by atoms with Crippen LogP contribution in [0, 0.1) is 0 Å². The first-order valence-electron chi connectivity index (χ1n) is 6.17. The fraction of sp³-hybridized carbons (Fsp3) is 0.214. The fourth-order valence-electron chi connectivity index (χ4n) is 1.78. The van der Waals surface area contributed by atoms with Gasteiger partial charge in [-0.25, -0.2) is 9.78 Å². The Morgan fingerprint density at radius 3 is 2.90 bits per heavy atom. The second kappa shape index (κ2) is 6.36. The summed E-state index contributed by atoms with van der Waals surface area (Å²) in [6.45, 7) is 0.451. The van der Waals surface area contributed by atoms with E-state index in [0.717, 1.165) is 16.5 Å². The molecule has 6 nitrogen and oxygen atoms in total. The van der Waals surface area contributed by atoms with Gasteiger partial charge in [0.05, 0.1) is 6.33 Å². The van der Waals surface area contributed by atoms with Crippen molar-refractivity contribution in [3.8, 4) is 0 Å². The van der Waals surface area contributed by atoms with Gasteiger partial charge in [-0.2, -0.15) is 0 Å². The van der Waals surface area contributed by atoms with E-state index in [4.69, 9.17) is 5.11 Å². The van der Waals surface area contributed by atoms with Crippen molar-refractivity contribution in [3.63, 3.8) is 0 Å². The second-order valence-corrected chi connectivity index (χ2v) is 5.56. The van der Waals surface area contributed by atoms with Gasteiger partial charge < -0.3 is 14.6 Å². The smallest absolute Gasteiger partial charge is 0.328 e. The third kappa shape index (κ3) is 4.03. The molecule has 21 heavy (non-hydrogen) atoms. The van der Waals surface area contributed by atoms with Crippen LogP contribution in [0.3, 0.4) is 0 Å². The molecule has 0 bridgehead atoms. The molecule has 110 valence electrons. The van der Waals surface area contributed by atoms with Crippen LogP contribution in [0.25, 0.3) is 6.08 Å². The Balaban J connectivity index is 2.01. The van der Waals surface area contributed by atoms with E-state index in [0.29, 0.717) is 12.2 Å². The molecular formula is C14H15N3O3S. The number of carboxylic acid groups (broad SMARTS) is 1. The Morgan fingerprint density at radius 1 is 1.52 bits per heavy atom. The number of aliphatic carboxylic acids is 1. The largest absolute Gasteiger partial charge is 0.478 e. The summed E-state index contributed by atoms with van der Waals surface area (Å²) in [6.07, 6.45) is 5.89. The van der Waals surface area contributed by atoms with E-state index in [1.54, 1.807) is 29.0 Å². The molecule has 7 heteroatoms. The zero-order chi connectivity index (χ0) is 15.4. The van der Waals surface area contributed by atoms with Gasteiger partial charge >= 0.3 is 5.97 Å². The molecule has 0 unspecified atom stereocenters. The summed E-state index contributed by atoms with van der Waals surface area (Å²) in [7, 11) is 3.52. The first-order valence-corrected chi connectivity index (χ1v) is 7.05. The summed E-state index contributed by atoms with van der Waals surface area (Å²) in [5, 5.41) is 10.5. The van der Waals surface area contributed by atoms with Crippen molar-refractivity contribution in [2.24, 2.45) is 7.05 Å². The number of amides is 1. The number of carbonyl (C=O) groups excluding carboxylic acids is 1. The number of aryl methyl sites for hydroxylation is 1. The van der Waals surface area contributed by atoms with Crippen LogP contribution < -0.4 is 0 Å². The number of carbonyl (C=O) groups is 2. The highest BCUT2D eigenvalue weighted by Gasteiger charge is 2.14. The van der Waals surface area contributed by atoms with E-state index in [1.165, 1.54) is 17.4 Å². The van der Waals surface area contributed by atoms with Crippen LogP contribution in [-0.2, 0) is 18.4 Å². The number of nitrogens with zero attached hydrogens (tertiary/aromatic N) is 3. The predicted octanol–water partition coefficient (Wildman–Crippen LogP) is 1.85. The highest BCUT2D eigenvalue weighted by atomic mass is 32.1. The molecule has 0 aliphatic heterocycles. The van der Waals surface area contributed by atoms with Crippen LogP contribution >= 0.6 is 11.3 Å². The number of carboxylic acids is 1. The van der Waals surface area contributed by atoms with Gasteiger partial charge in [-0.05, 0) is 23.1 Å². The summed E-state index contributed by atoms with van der Waals surface area (Å²) >= 11 is 1.44. The summed E-state index contributed by atoms with van der Waals surface area (Å²) in [6, 6.07) is 1.87. The monoisotopic (exact) mass is 305 g/mol. The molecule has 2 aromatic heterocycles. The van der Waals surface area contributed by atoms with Gasteiger partial charge in [0.15, 0.2) is 0 Å². The van der Waals surface area contributed by atoms with Crippen LogP contribution in [0.4, 0.5) is 0 Å². The maximum atomic E-state index is 12.1. The molecule has 1 amide bonds. The van der Waals surface area contributed by atoms with Crippen LogP contribution in [0.5, 0.6) is 0 Å². The Bertz CT molecular complexity index is 687. The van der Waals surface area contributed by atoms with Gasteiger partial charge in [-0.3, -0.25) is 4.79 Å². The van der Waals surface area contributed by atoms with Gasteiger partial charge in [0.25, 0.3) is 5.91 Å². The normalized spacial score (nSPS) is 11.0. The lowest BCUT2D eigenvalue weighted by Crippen LogP contribution is -2.26. The van der Waals surface area contributed by atoms with E-state index >= 15 is 0 Å². The summed E-state index contributed by atoms with van der Waals surface area (Å²) < 4.78 is 1.72. The number of hydrogen-bond acceptors (Lipinski definition) is 4. The summed E-state index contributed by atoms with van der Waals surface area (Å²) in [5.74, 6) is -1.13. The molecule has 0 spiro atoms. The van der Waals surface area contributed by atoms with E-state index in [1.807, 2.05) is 18.5 Å². The topological polar surface area (TPSA) is 75.4 Å². The highest BCUT2D eigenvalue weighted by molar-refractivity contribution is 7.11. The summed E-state index contributed by atoms with van der Waals surface area (Å²) in [4.78, 5) is 29.1. The van der Waals surface area contributed by atoms with Crippen LogP contribution in [-0.4, -0.2) is 38.5 Å². The number of rotatable bonds is 5. The molecule has 0 radical (unpaired) electrons. The van der Waals surface area contributed by atoms with E-state index in [-0.39, 0.29) is 5.91 Å². The summed E-state index contributed by atoms with van der Waals surface area (Å²) in [5.41, 5.74) is 1.36. The molecule has 0 fully saturated rings. The highest BCUT2D eigenvalue weighted by Crippen LogP contribution is 2.18. The molecular weight excluding hydrogens is 290 g/mol. The number of imidazole rings is 1. The van der Waals surface area contributed by atoms with Gasteiger partial charge in [0.1, 0.15) is 5.69 Å². The van der Waals surface area contributed by atoms with Gasteiger partial charge in [-0.1, -0.05) is 0 Å². The van der Waals surface area contributed by atoms with Crippen molar-refractivity contribution >= 4 is 29.3 Å². The van der Waals surface area contributed by atoms with Crippen LogP contribution in [0.15, 0.2) is 30.0 Å². The van der Waals surface area contributed by atoms with Crippen molar-refractivity contribution < 1.29 is 14.7 Å². The fourth-order valence-corrected chi connectivity index (χ4v) is 2.58. The van der Waals surface area contributed by atoms with Gasteiger partial charge in [0, 0.05) is 37.8 Å². The zero-order valence-electron chi connectivity index (χ0n) is 11.7.